The van der Waals surface area contributed by atoms with E-state index in [1.807, 2.05) is 18.2 Å². The number of aromatic nitrogens is 3. The number of rotatable bonds is 9. The zero-order chi connectivity index (χ0) is 26.5. The molecule has 3 aromatic rings. The first-order valence-electron chi connectivity index (χ1n) is 11.9. The third-order valence-electron chi connectivity index (χ3n) is 6.37. The van der Waals surface area contributed by atoms with Crippen molar-refractivity contribution < 1.29 is 19.4 Å². The monoisotopic (exact) mass is 528 g/mol. The molecule has 3 heterocycles. The van der Waals surface area contributed by atoms with E-state index in [1.165, 1.54) is 11.6 Å². The topological polar surface area (TPSA) is 130 Å². The highest BCUT2D eigenvalue weighted by Gasteiger charge is 2.20. The van der Waals surface area contributed by atoms with E-state index in [1.54, 1.807) is 19.3 Å². The number of nitrogens with zero attached hydrogens (tertiary/aromatic N) is 5. The molecule has 1 fully saturated rings. The molecular weight excluding hydrogens is 500 g/mol. The van der Waals surface area contributed by atoms with Crippen molar-refractivity contribution in [2.24, 2.45) is 7.05 Å². The van der Waals surface area contributed by atoms with Gasteiger partial charge in [-0.25, -0.2) is 9.97 Å². The van der Waals surface area contributed by atoms with Crippen LogP contribution in [0.25, 0.3) is 10.9 Å². The van der Waals surface area contributed by atoms with Gasteiger partial charge in [0.05, 0.1) is 28.9 Å². The predicted molar refractivity (Wildman–Crippen MR) is 140 cm³/mol. The molecular formula is C25H29ClN6O5. The van der Waals surface area contributed by atoms with E-state index in [4.69, 9.17) is 26.4 Å². The largest absolute Gasteiger partial charge is 0.481 e. The number of ether oxygens (including phenoxy) is 1. The summed E-state index contributed by atoms with van der Waals surface area (Å²) in [6.07, 6.45) is 2.19. The number of hydrogen-bond acceptors (Lipinski definition) is 8. The fourth-order valence-corrected chi connectivity index (χ4v) is 4.38. The standard InChI is InChI=1S/C25H29ClN6O5/c1-27-22(33)15-37-21-13-17-11-16(3-4-20(17)30(2)24(21)36)12-19-18(26)14-28-25(29-19)32-9-7-31(8-10-32)6-5-23(34)35/h3-4,11,13-14H,5-10,12,15H2,1-2H3,(H,27,33)(H,34,35). The van der Waals surface area contributed by atoms with Crippen LogP contribution in [0, 0.1) is 0 Å². The first-order valence-corrected chi connectivity index (χ1v) is 12.3. The number of pyridine rings is 1. The summed E-state index contributed by atoms with van der Waals surface area (Å²) in [6.45, 7) is 3.16. The molecule has 0 saturated carbocycles. The average molecular weight is 529 g/mol. The molecule has 12 heteroatoms. The van der Waals surface area contributed by atoms with Crippen molar-refractivity contribution in [2.75, 3.05) is 51.3 Å². The number of aryl methyl sites for hydroxylation is 1. The quantitative estimate of drug-likeness (QED) is 0.422. The third kappa shape index (κ3) is 6.36. The lowest BCUT2D eigenvalue weighted by molar-refractivity contribution is -0.137. The Labute approximate surface area is 218 Å². The van der Waals surface area contributed by atoms with Gasteiger partial charge in [-0.05, 0) is 23.8 Å². The number of likely N-dealkylation sites (N-methyl/N-ethyl adjacent to an activating group) is 1. The van der Waals surface area contributed by atoms with Gasteiger partial charge in [-0.2, -0.15) is 0 Å². The molecule has 0 atom stereocenters. The second kappa shape index (κ2) is 11.6. The van der Waals surface area contributed by atoms with Crippen LogP contribution in [0.4, 0.5) is 5.95 Å². The van der Waals surface area contributed by atoms with Crippen LogP contribution in [-0.4, -0.2) is 82.8 Å². The van der Waals surface area contributed by atoms with Crippen molar-refractivity contribution in [1.82, 2.24) is 24.8 Å². The Morgan fingerprint density at radius 1 is 1.19 bits per heavy atom. The summed E-state index contributed by atoms with van der Waals surface area (Å²) in [5.41, 5.74) is 2.03. The van der Waals surface area contributed by atoms with E-state index in [0.717, 1.165) is 29.6 Å². The second-order valence-electron chi connectivity index (χ2n) is 8.84. The number of hydrogen-bond donors (Lipinski definition) is 2. The molecule has 1 amide bonds. The minimum absolute atomic E-state index is 0.0978. The maximum Gasteiger partial charge on any atom is 0.304 e. The van der Waals surface area contributed by atoms with Crippen LogP contribution in [0.2, 0.25) is 5.02 Å². The minimum Gasteiger partial charge on any atom is -0.481 e. The highest BCUT2D eigenvalue weighted by Crippen LogP contribution is 2.24. The molecule has 1 saturated heterocycles. The van der Waals surface area contributed by atoms with Crippen LogP contribution < -0.4 is 20.5 Å². The van der Waals surface area contributed by atoms with Crippen molar-refractivity contribution in [1.29, 1.82) is 0 Å². The summed E-state index contributed by atoms with van der Waals surface area (Å²) in [4.78, 5) is 48.3. The Morgan fingerprint density at radius 2 is 1.95 bits per heavy atom. The highest BCUT2D eigenvalue weighted by atomic mass is 35.5. The molecule has 0 bridgehead atoms. The van der Waals surface area contributed by atoms with Gasteiger partial charge in [0.2, 0.25) is 5.95 Å². The van der Waals surface area contributed by atoms with E-state index in [2.05, 4.69) is 20.1 Å². The van der Waals surface area contributed by atoms with Gasteiger partial charge in [0.25, 0.3) is 11.5 Å². The second-order valence-corrected chi connectivity index (χ2v) is 9.25. The third-order valence-corrected chi connectivity index (χ3v) is 6.68. The molecule has 2 aromatic heterocycles. The number of halogens is 1. The smallest absolute Gasteiger partial charge is 0.304 e. The van der Waals surface area contributed by atoms with Gasteiger partial charge in [0.15, 0.2) is 12.4 Å². The first kappa shape index (κ1) is 26.4. The van der Waals surface area contributed by atoms with Crippen LogP contribution >= 0.6 is 11.6 Å². The lowest BCUT2D eigenvalue weighted by atomic mass is 10.1. The van der Waals surface area contributed by atoms with Crippen LogP contribution in [-0.2, 0) is 23.1 Å². The number of fused-ring (bicyclic) bond motifs is 1. The van der Waals surface area contributed by atoms with Crippen LogP contribution in [0.15, 0.2) is 35.3 Å². The predicted octanol–water partition coefficient (Wildman–Crippen LogP) is 1.29. The fourth-order valence-electron chi connectivity index (χ4n) is 4.22. The van der Waals surface area contributed by atoms with E-state index in [9.17, 15) is 14.4 Å². The van der Waals surface area contributed by atoms with Gasteiger partial charge >= 0.3 is 5.97 Å². The summed E-state index contributed by atoms with van der Waals surface area (Å²) < 4.78 is 6.94. The molecule has 196 valence electrons. The number of benzene rings is 1. The van der Waals surface area contributed by atoms with Gasteiger partial charge in [0.1, 0.15) is 0 Å². The van der Waals surface area contributed by atoms with Crippen LogP contribution in [0.3, 0.4) is 0 Å². The Morgan fingerprint density at radius 3 is 2.65 bits per heavy atom. The normalized spacial score (nSPS) is 14.1. The molecule has 1 aromatic carbocycles. The van der Waals surface area contributed by atoms with Crippen molar-refractivity contribution in [3.05, 3.63) is 57.1 Å². The molecule has 37 heavy (non-hydrogen) atoms. The lowest BCUT2D eigenvalue weighted by Crippen LogP contribution is -2.47. The number of nitrogens with one attached hydrogen (secondary N) is 1. The number of amides is 1. The molecule has 1 aliphatic rings. The molecule has 0 unspecified atom stereocenters. The molecule has 2 N–H and O–H groups in total. The van der Waals surface area contributed by atoms with Gasteiger partial charge in [-0.3, -0.25) is 19.3 Å². The molecule has 4 rings (SSSR count). The Kier molecular flexibility index (Phi) is 8.24. The summed E-state index contributed by atoms with van der Waals surface area (Å²) in [5, 5.41) is 12.6. The van der Waals surface area contributed by atoms with Gasteiger partial charge in [-0.1, -0.05) is 17.7 Å². The summed E-state index contributed by atoms with van der Waals surface area (Å²) in [5.74, 6) is -0.436. The summed E-state index contributed by atoms with van der Waals surface area (Å²) >= 11 is 6.44. The number of carbonyl (C=O) groups is 2. The SMILES string of the molecule is CNC(=O)COc1cc2cc(Cc3nc(N4CCN(CCC(=O)O)CC4)ncc3Cl)ccc2n(C)c1=O. The van der Waals surface area contributed by atoms with E-state index in [0.29, 0.717) is 42.7 Å². The molecule has 11 nitrogen and oxygen atoms in total. The van der Waals surface area contributed by atoms with Crippen molar-refractivity contribution in [3.63, 3.8) is 0 Å². The maximum absolute atomic E-state index is 12.6. The number of aliphatic carboxylic acids is 1. The Bertz CT molecular complexity index is 1370. The zero-order valence-electron chi connectivity index (χ0n) is 20.7. The summed E-state index contributed by atoms with van der Waals surface area (Å²) in [7, 11) is 3.16. The Hall–Kier alpha value is -3.70. The van der Waals surface area contributed by atoms with Crippen LogP contribution in [0.1, 0.15) is 17.7 Å². The zero-order valence-corrected chi connectivity index (χ0v) is 21.5. The maximum atomic E-state index is 12.6. The van der Waals surface area contributed by atoms with E-state index >= 15 is 0 Å². The highest BCUT2D eigenvalue weighted by molar-refractivity contribution is 6.31. The summed E-state index contributed by atoms with van der Waals surface area (Å²) in [6, 6.07) is 7.37. The first-order chi connectivity index (χ1) is 17.7. The average Bonchev–Trinajstić information content (AvgIpc) is 2.90. The number of anilines is 1. The van der Waals surface area contributed by atoms with Gasteiger partial charge in [-0.15, -0.1) is 0 Å². The molecule has 1 aliphatic heterocycles. The van der Waals surface area contributed by atoms with E-state index < -0.39 is 5.97 Å². The minimum atomic E-state index is -0.795. The lowest BCUT2D eigenvalue weighted by Gasteiger charge is -2.34. The molecule has 0 radical (unpaired) electrons. The van der Waals surface area contributed by atoms with Crippen LogP contribution in [0.5, 0.6) is 5.75 Å². The number of carboxylic acid groups (broad SMARTS) is 1. The number of carbonyl (C=O) groups excluding carboxylic acids is 1. The molecule has 0 aliphatic carbocycles. The van der Waals surface area contributed by atoms with Crippen molar-refractivity contribution >= 4 is 40.3 Å². The van der Waals surface area contributed by atoms with Crippen molar-refractivity contribution in [3.8, 4) is 5.75 Å². The molecule has 0 spiro atoms. The van der Waals surface area contributed by atoms with Gasteiger partial charge in [0, 0.05) is 58.6 Å². The van der Waals surface area contributed by atoms with Crippen molar-refractivity contribution in [2.45, 2.75) is 12.8 Å². The fraction of sp³-hybridized carbons (Fsp3) is 0.400. The van der Waals surface area contributed by atoms with E-state index in [-0.39, 0.29) is 30.2 Å². The number of piperazine rings is 1. The van der Waals surface area contributed by atoms with Gasteiger partial charge < -0.3 is 24.6 Å². The Balaban J connectivity index is 1.51. The number of carboxylic acids is 1.